The number of hydrogen-bond donors (Lipinski definition) is 2. The summed E-state index contributed by atoms with van der Waals surface area (Å²) >= 11 is 0. The lowest BCUT2D eigenvalue weighted by atomic mass is 10.0. The molecule has 1 unspecified atom stereocenters. The van der Waals surface area contributed by atoms with Crippen LogP contribution in [0, 0.1) is 0 Å². The number of benzene rings is 1. The largest absolute Gasteiger partial charge is 0.367 e. The quantitative estimate of drug-likeness (QED) is 0.672. The molecule has 4 heterocycles. The normalized spacial score (nSPS) is 24.0. The van der Waals surface area contributed by atoms with Crippen molar-refractivity contribution in [1.82, 2.24) is 24.7 Å². The Morgan fingerprint density at radius 1 is 1.07 bits per heavy atom. The summed E-state index contributed by atoms with van der Waals surface area (Å²) in [5, 5.41) is 5.75. The molecule has 0 bridgehead atoms. The molecule has 3 aliphatic rings. The molecule has 1 atom stereocenters. The van der Waals surface area contributed by atoms with Crippen LogP contribution in [0.15, 0.2) is 23.0 Å². The molecule has 9 nitrogen and oxygen atoms in total. The van der Waals surface area contributed by atoms with Gasteiger partial charge in [0, 0.05) is 58.8 Å². The van der Waals surface area contributed by atoms with Gasteiger partial charge in [0.1, 0.15) is 6.04 Å². The topological polar surface area (TPSA) is 91.6 Å². The molecule has 3 fully saturated rings. The second-order valence-corrected chi connectivity index (χ2v) is 8.17. The van der Waals surface area contributed by atoms with E-state index in [0.29, 0.717) is 12.5 Å². The predicted molar refractivity (Wildman–Crippen MR) is 109 cm³/mol. The number of aryl methyl sites for hydroxylation is 1. The van der Waals surface area contributed by atoms with Gasteiger partial charge in [-0.25, -0.2) is 4.79 Å². The lowest BCUT2D eigenvalue weighted by molar-refractivity contribution is -0.135. The number of rotatable bonds is 3. The van der Waals surface area contributed by atoms with E-state index in [0.717, 1.165) is 56.0 Å². The fourth-order valence-corrected chi connectivity index (χ4v) is 4.83. The first-order valence-electron chi connectivity index (χ1n) is 10.3. The number of amides is 2. The minimum atomic E-state index is -0.649. The van der Waals surface area contributed by atoms with Crippen LogP contribution in [0.3, 0.4) is 0 Å². The standard InChI is InChI=1S/C20H26N6O3/c1-23-18-14(25-11-13(12-25)24-9-7-21-8-10-24)3-2-4-15(18)26(20(23)29)16-5-6-17(27)22-19(16)28/h2-4,13,16,21H,5-12H2,1H3,(H,22,27,28). The average Bonchev–Trinajstić information content (AvgIpc) is 2.93. The van der Waals surface area contributed by atoms with E-state index in [4.69, 9.17) is 0 Å². The Kier molecular flexibility index (Phi) is 4.44. The molecule has 0 radical (unpaired) electrons. The molecule has 3 aliphatic heterocycles. The van der Waals surface area contributed by atoms with E-state index in [9.17, 15) is 14.4 Å². The number of nitrogens with one attached hydrogen (secondary N) is 2. The van der Waals surface area contributed by atoms with Crippen molar-refractivity contribution in [3.05, 3.63) is 28.7 Å². The summed E-state index contributed by atoms with van der Waals surface area (Å²) in [7, 11) is 1.75. The van der Waals surface area contributed by atoms with Gasteiger partial charge >= 0.3 is 5.69 Å². The Hall–Kier alpha value is -2.65. The second-order valence-electron chi connectivity index (χ2n) is 8.17. The van der Waals surface area contributed by atoms with Gasteiger partial charge in [-0.3, -0.25) is 28.9 Å². The van der Waals surface area contributed by atoms with Crippen molar-refractivity contribution in [2.24, 2.45) is 7.05 Å². The number of piperidine rings is 1. The maximum atomic E-state index is 13.0. The number of aromatic nitrogens is 2. The van der Waals surface area contributed by atoms with Crippen molar-refractivity contribution in [3.8, 4) is 0 Å². The Morgan fingerprint density at radius 2 is 1.83 bits per heavy atom. The first-order chi connectivity index (χ1) is 14.0. The summed E-state index contributed by atoms with van der Waals surface area (Å²) in [6, 6.07) is 5.77. The van der Waals surface area contributed by atoms with Gasteiger partial charge in [-0.2, -0.15) is 0 Å². The molecule has 154 valence electrons. The first kappa shape index (κ1) is 18.4. The van der Waals surface area contributed by atoms with Gasteiger partial charge in [0.15, 0.2) is 0 Å². The summed E-state index contributed by atoms with van der Waals surface area (Å²) < 4.78 is 3.18. The number of fused-ring (bicyclic) bond motifs is 1. The molecular weight excluding hydrogens is 372 g/mol. The highest BCUT2D eigenvalue weighted by atomic mass is 16.2. The Labute approximate surface area is 168 Å². The van der Waals surface area contributed by atoms with Crippen LogP contribution in [0.5, 0.6) is 0 Å². The zero-order valence-corrected chi connectivity index (χ0v) is 16.6. The maximum absolute atomic E-state index is 13.0. The van der Waals surface area contributed by atoms with E-state index in [-0.39, 0.29) is 18.0 Å². The van der Waals surface area contributed by atoms with E-state index in [1.165, 1.54) is 0 Å². The van der Waals surface area contributed by atoms with Crippen molar-refractivity contribution in [2.75, 3.05) is 44.2 Å². The number of imidazole rings is 1. The third-order valence-corrected chi connectivity index (χ3v) is 6.47. The first-order valence-corrected chi connectivity index (χ1v) is 10.3. The molecular formula is C20H26N6O3. The number of anilines is 1. The van der Waals surface area contributed by atoms with E-state index in [2.05, 4.69) is 20.4 Å². The fraction of sp³-hybridized carbons (Fsp3) is 0.550. The number of hydrogen-bond acceptors (Lipinski definition) is 6. The van der Waals surface area contributed by atoms with E-state index in [1.807, 2.05) is 18.2 Å². The minimum absolute atomic E-state index is 0.221. The van der Waals surface area contributed by atoms with E-state index < -0.39 is 11.9 Å². The highest BCUT2D eigenvalue weighted by Crippen LogP contribution is 2.32. The van der Waals surface area contributed by atoms with Gasteiger partial charge < -0.3 is 10.2 Å². The second kappa shape index (κ2) is 7.00. The van der Waals surface area contributed by atoms with Crippen LogP contribution in [-0.4, -0.2) is 71.2 Å². The number of piperazine rings is 1. The smallest absolute Gasteiger partial charge is 0.329 e. The minimum Gasteiger partial charge on any atom is -0.367 e. The number of para-hydroxylation sites is 1. The molecule has 2 aromatic rings. The Balaban J connectivity index is 1.47. The summed E-state index contributed by atoms with van der Waals surface area (Å²) in [6.07, 6.45) is 0.597. The van der Waals surface area contributed by atoms with Crippen molar-refractivity contribution in [3.63, 3.8) is 0 Å². The van der Waals surface area contributed by atoms with E-state index in [1.54, 1.807) is 16.2 Å². The molecule has 0 spiro atoms. The highest BCUT2D eigenvalue weighted by Gasteiger charge is 2.35. The summed E-state index contributed by atoms with van der Waals surface area (Å²) in [6.45, 7) is 6.11. The molecule has 3 saturated heterocycles. The maximum Gasteiger partial charge on any atom is 0.329 e. The van der Waals surface area contributed by atoms with Gasteiger partial charge in [-0.15, -0.1) is 0 Å². The highest BCUT2D eigenvalue weighted by molar-refractivity contribution is 6.00. The van der Waals surface area contributed by atoms with Crippen LogP contribution in [0.1, 0.15) is 18.9 Å². The number of carbonyl (C=O) groups excluding carboxylic acids is 2. The SMILES string of the molecule is Cn1c(=O)n(C2CCC(=O)NC2=O)c2cccc(N3CC(N4CCNCC4)C3)c21. The third kappa shape index (κ3) is 2.96. The van der Waals surface area contributed by atoms with Crippen molar-refractivity contribution < 1.29 is 9.59 Å². The zero-order chi connectivity index (χ0) is 20.1. The number of carbonyl (C=O) groups is 2. The van der Waals surface area contributed by atoms with E-state index >= 15 is 0 Å². The van der Waals surface area contributed by atoms with Crippen LogP contribution in [0.4, 0.5) is 5.69 Å². The third-order valence-electron chi connectivity index (χ3n) is 6.47. The molecule has 0 aliphatic carbocycles. The lowest BCUT2D eigenvalue weighted by Crippen LogP contribution is -2.63. The van der Waals surface area contributed by atoms with Crippen LogP contribution in [-0.2, 0) is 16.6 Å². The molecule has 1 aromatic heterocycles. The molecule has 0 saturated carbocycles. The van der Waals surface area contributed by atoms with Gasteiger partial charge in [-0.1, -0.05) is 6.07 Å². The van der Waals surface area contributed by atoms with Crippen LogP contribution < -0.4 is 21.2 Å². The van der Waals surface area contributed by atoms with Crippen LogP contribution in [0.2, 0.25) is 0 Å². The lowest BCUT2D eigenvalue weighted by Gasteiger charge is -2.48. The van der Waals surface area contributed by atoms with Crippen molar-refractivity contribution in [1.29, 1.82) is 0 Å². The number of imide groups is 1. The van der Waals surface area contributed by atoms with Gasteiger partial charge in [0.25, 0.3) is 0 Å². The average molecular weight is 398 g/mol. The van der Waals surface area contributed by atoms with Crippen LogP contribution in [0.25, 0.3) is 11.0 Å². The zero-order valence-electron chi connectivity index (χ0n) is 16.6. The van der Waals surface area contributed by atoms with Crippen molar-refractivity contribution >= 4 is 28.5 Å². The monoisotopic (exact) mass is 398 g/mol. The van der Waals surface area contributed by atoms with Crippen molar-refractivity contribution in [2.45, 2.75) is 24.9 Å². The summed E-state index contributed by atoms with van der Waals surface area (Å²) in [5.41, 5.74) is 2.40. The van der Waals surface area contributed by atoms with Gasteiger partial charge in [-0.05, 0) is 18.6 Å². The number of nitrogens with zero attached hydrogens (tertiary/aromatic N) is 4. The molecule has 5 rings (SSSR count). The molecule has 2 N–H and O–H groups in total. The van der Waals surface area contributed by atoms with Gasteiger partial charge in [0.2, 0.25) is 11.8 Å². The molecule has 9 heteroatoms. The molecule has 2 amide bonds. The summed E-state index contributed by atoms with van der Waals surface area (Å²) in [4.78, 5) is 41.8. The van der Waals surface area contributed by atoms with Crippen LogP contribution >= 0.6 is 0 Å². The molecule has 29 heavy (non-hydrogen) atoms. The Bertz CT molecular complexity index is 1030. The molecule has 1 aromatic carbocycles. The fourth-order valence-electron chi connectivity index (χ4n) is 4.83. The predicted octanol–water partition coefficient (Wildman–Crippen LogP) is -0.588. The van der Waals surface area contributed by atoms with Gasteiger partial charge in [0.05, 0.1) is 16.7 Å². The Morgan fingerprint density at radius 3 is 2.55 bits per heavy atom. The summed E-state index contributed by atoms with van der Waals surface area (Å²) in [5.74, 6) is -0.677.